The fourth-order valence-corrected chi connectivity index (χ4v) is 5.46. The van der Waals surface area contributed by atoms with E-state index in [2.05, 4.69) is 40.3 Å². The minimum Gasteiger partial charge on any atom is -0.368 e. The fourth-order valence-electron chi connectivity index (χ4n) is 5.46. The van der Waals surface area contributed by atoms with E-state index in [1.165, 1.54) is 0 Å². The van der Waals surface area contributed by atoms with Crippen molar-refractivity contribution in [2.45, 2.75) is 51.4 Å². The molecule has 0 saturated carbocycles. The molecule has 4 heterocycles. The zero-order valence-corrected chi connectivity index (χ0v) is 18.3. The Kier molecular flexibility index (Phi) is 5.22. The van der Waals surface area contributed by atoms with Gasteiger partial charge in [-0.2, -0.15) is 0 Å². The minimum atomic E-state index is -0.564. The molecule has 5 rings (SSSR count). The molecule has 1 aromatic rings. The highest BCUT2D eigenvalue weighted by Crippen LogP contribution is 2.32. The van der Waals surface area contributed by atoms with E-state index in [4.69, 9.17) is 0 Å². The van der Waals surface area contributed by atoms with Gasteiger partial charge in [0.05, 0.1) is 0 Å². The van der Waals surface area contributed by atoms with Crippen LogP contribution >= 0.6 is 0 Å². The number of piperazine rings is 1. The zero-order valence-electron chi connectivity index (χ0n) is 18.3. The SMILES string of the molecule is CC1CN(c2ccc3c(c2)CN(C2CCC(=O)NC2=O)C3=O)CC(C)N1CC1CNC1. The fraction of sp³-hybridized carbons (Fsp3) is 0.609. The number of nitrogens with one attached hydrogen (secondary N) is 2. The van der Waals surface area contributed by atoms with Crippen molar-refractivity contribution in [2.75, 3.05) is 37.6 Å². The van der Waals surface area contributed by atoms with Crippen molar-refractivity contribution in [3.8, 4) is 0 Å². The van der Waals surface area contributed by atoms with Gasteiger partial charge in [0.1, 0.15) is 6.04 Å². The number of hydrogen-bond donors (Lipinski definition) is 2. The van der Waals surface area contributed by atoms with Gasteiger partial charge in [-0.3, -0.25) is 24.6 Å². The first-order chi connectivity index (χ1) is 14.9. The molecule has 3 atom stereocenters. The lowest BCUT2D eigenvalue weighted by Gasteiger charge is -2.47. The van der Waals surface area contributed by atoms with E-state index in [9.17, 15) is 14.4 Å². The van der Waals surface area contributed by atoms with Gasteiger partial charge >= 0.3 is 0 Å². The van der Waals surface area contributed by atoms with Crippen LogP contribution in [0, 0.1) is 5.92 Å². The number of piperidine rings is 1. The van der Waals surface area contributed by atoms with Crippen LogP contribution in [0.15, 0.2) is 18.2 Å². The predicted octanol–water partition coefficient (Wildman–Crippen LogP) is 0.566. The molecule has 4 aliphatic heterocycles. The van der Waals surface area contributed by atoms with Crippen molar-refractivity contribution >= 4 is 23.4 Å². The molecule has 8 nitrogen and oxygen atoms in total. The van der Waals surface area contributed by atoms with Crippen LogP contribution < -0.4 is 15.5 Å². The highest BCUT2D eigenvalue weighted by molar-refractivity contribution is 6.05. The number of nitrogens with zero attached hydrogens (tertiary/aromatic N) is 3. The summed E-state index contributed by atoms with van der Waals surface area (Å²) in [6.45, 7) is 10.4. The van der Waals surface area contributed by atoms with Crippen LogP contribution in [0.2, 0.25) is 0 Å². The van der Waals surface area contributed by atoms with Gasteiger partial charge in [0.15, 0.2) is 0 Å². The smallest absolute Gasteiger partial charge is 0.255 e. The predicted molar refractivity (Wildman–Crippen MR) is 117 cm³/mol. The van der Waals surface area contributed by atoms with Crippen LogP contribution in [0.5, 0.6) is 0 Å². The summed E-state index contributed by atoms with van der Waals surface area (Å²) in [6, 6.07) is 6.43. The number of rotatable bonds is 4. The van der Waals surface area contributed by atoms with E-state index in [1.807, 2.05) is 12.1 Å². The Balaban J connectivity index is 1.29. The van der Waals surface area contributed by atoms with Crippen LogP contribution in [-0.2, 0) is 16.1 Å². The largest absolute Gasteiger partial charge is 0.368 e. The van der Waals surface area contributed by atoms with E-state index in [0.29, 0.717) is 30.6 Å². The molecule has 1 aromatic carbocycles. The maximum atomic E-state index is 12.9. The van der Waals surface area contributed by atoms with E-state index in [1.54, 1.807) is 4.90 Å². The normalized spacial score (nSPS) is 29.7. The summed E-state index contributed by atoms with van der Waals surface area (Å²) < 4.78 is 0. The first-order valence-corrected chi connectivity index (χ1v) is 11.4. The van der Waals surface area contributed by atoms with Gasteiger partial charge in [-0.25, -0.2) is 0 Å². The number of imide groups is 1. The average Bonchev–Trinajstić information content (AvgIpc) is 3.01. The molecule has 3 amide bonds. The second kappa shape index (κ2) is 7.91. The Morgan fingerprint density at radius 2 is 1.81 bits per heavy atom. The molecule has 3 saturated heterocycles. The molecule has 31 heavy (non-hydrogen) atoms. The molecule has 3 fully saturated rings. The van der Waals surface area contributed by atoms with E-state index < -0.39 is 6.04 Å². The van der Waals surface area contributed by atoms with Crippen molar-refractivity contribution in [1.29, 1.82) is 0 Å². The van der Waals surface area contributed by atoms with E-state index >= 15 is 0 Å². The summed E-state index contributed by atoms with van der Waals surface area (Å²) in [7, 11) is 0. The number of carbonyl (C=O) groups excluding carboxylic acids is 3. The van der Waals surface area contributed by atoms with Gasteiger partial charge in [0, 0.05) is 69.0 Å². The van der Waals surface area contributed by atoms with Gasteiger partial charge in [-0.1, -0.05) is 0 Å². The molecule has 166 valence electrons. The zero-order chi connectivity index (χ0) is 21.7. The van der Waals surface area contributed by atoms with Crippen LogP contribution in [0.1, 0.15) is 42.6 Å². The number of hydrogen-bond acceptors (Lipinski definition) is 6. The Morgan fingerprint density at radius 3 is 2.45 bits per heavy atom. The summed E-state index contributed by atoms with van der Waals surface area (Å²) >= 11 is 0. The molecule has 2 N–H and O–H groups in total. The Morgan fingerprint density at radius 1 is 1.06 bits per heavy atom. The van der Waals surface area contributed by atoms with Gasteiger partial charge in [0.25, 0.3) is 5.91 Å². The lowest BCUT2D eigenvalue weighted by molar-refractivity contribution is -0.136. The number of benzene rings is 1. The highest BCUT2D eigenvalue weighted by Gasteiger charge is 2.39. The van der Waals surface area contributed by atoms with Crippen molar-refractivity contribution in [2.24, 2.45) is 5.92 Å². The third kappa shape index (κ3) is 3.72. The van der Waals surface area contributed by atoms with Gasteiger partial charge < -0.3 is 15.1 Å². The summed E-state index contributed by atoms with van der Waals surface area (Å²) in [6.07, 6.45) is 0.670. The van der Waals surface area contributed by atoms with Crippen LogP contribution in [0.3, 0.4) is 0 Å². The Labute approximate surface area is 182 Å². The molecule has 3 unspecified atom stereocenters. The van der Waals surface area contributed by atoms with Crippen molar-refractivity contribution in [1.82, 2.24) is 20.4 Å². The molecule has 8 heteroatoms. The van der Waals surface area contributed by atoms with Gasteiger partial charge in [0.2, 0.25) is 11.8 Å². The Bertz CT molecular complexity index is 902. The van der Waals surface area contributed by atoms with E-state index in [-0.39, 0.29) is 24.1 Å². The molecule has 4 aliphatic rings. The number of anilines is 1. The first kappa shape index (κ1) is 20.5. The standard InChI is InChI=1S/C23H31N5O3/c1-14-10-26(11-15(2)27(14)12-16-8-24-9-16)18-3-4-19-17(7-18)13-28(23(19)31)20-5-6-21(29)25-22(20)30/h3-4,7,14-16,20,24H,5-6,8-13H2,1-2H3,(H,25,29,30). The summed E-state index contributed by atoms with van der Waals surface area (Å²) in [4.78, 5) is 43.3. The third-order valence-electron chi connectivity index (χ3n) is 7.31. The van der Waals surface area contributed by atoms with Crippen molar-refractivity contribution < 1.29 is 14.4 Å². The second-order valence-electron chi connectivity index (χ2n) is 9.57. The number of carbonyl (C=O) groups is 3. The molecule has 0 spiro atoms. The maximum absolute atomic E-state index is 12.9. The van der Waals surface area contributed by atoms with Crippen molar-refractivity contribution in [3.63, 3.8) is 0 Å². The minimum absolute atomic E-state index is 0.114. The van der Waals surface area contributed by atoms with Crippen LogP contribution in [0.4, 0.5) is 5.69 Å². The molecular formula is C23H31N5O3. The quantitative estimate of drug-likeness (QED) is 0.686. The molecular weight excluding hydrogens is 394 g/mol. The van der Waals surface area contributed by atoms with Crippen LogP contribution in [-0.4, -0.2) is 78.4 Å². The third-order valence-corrected chi connectivity index (χ3v) is 7.31. The van der Waals surface area contributed by atoms with E-state index in [0.717, 1.165) is 49.9 Å². The highest BCUT2D eigenvalue weighted by atomic mass is 16.2. The first-order valence-electron chi connectivity index (χ1n) is 11.4. The average molecular weight is 426 g/mol. The van der Waals surface area contributed by atoms with Crippen LogP contribution in [0.25, 0.3) is 0 Å². The Hall–Kier alpha value is -2.45. The van der Waals surface area contributed by atoms with Crippen molar-refractivity contribution in [3.05, 3.63) is 29.3 Å². The molecule has 0 bridgehead atoms. The van der Waals surface area contributed by atoms with Gasteiger partial charge in [-0.15, -0.1) is 0 Å². The number of fused-ring (bicyclic) bond motifs is 1. The topological polar surface area (TPSA) is 85.0 Å². The van der Waals surface area contributed by atoms with Gasteiger partial charge in [-0.05, 0) is 49.9 Å². The summed E-state index contributed by atoms with van der Waals surface area (Å²) in [5.41, 5.74) is 2.78. The molecule has 0 aromatic heterocycles. The number of amides is 3. The molecule has 0 radical (unpaired) electrons. The second-order valence-corrected chi connectivity index (χ2v) is 9.57. The monoisotopic (exact) mass is 425 g/mol. The summed E-state index contributed by atoms with van der Waals surface area (Å²) in [5, 5.41) is 5.73. The lowest BCUT2D eigenvalue weighted by atomic mass is 9.98. The lowest BCUT2D eigenvalue weighted by Crippen LogP contribution is -2.60. The summed E-state index contributed by atoms with van der Waals surface area (Å²) in [5.74, 6) is 0.0270. The molecule has 0 aliphatic carbocycles. The maximum Gasteiger partial charge on any atom is 0.255 e.